The molecular weight excluding hydrogens is 355 g/mol. The van der Waals surface area contributed by atoms with Crippen molar-refractivity contribution >= 4 is 34.8 Å². The molecule has 3 nitrogen and oxygen atoms in total. The Morgan fingerprint density at radius 3 is 2.28 bits per heavy atom. The van der Waals surface area contributed by atoms with E-state index in [1.54, 1.807) is 18.2 Å². The maximum absolute atomic E-state index is 12.4. The van der Waals surface area contributed by atoms with Crippen molar-refractivity contribution in [2.45, 2.75) is 19.3 Å². The second kappa shape index (κ2) is 8.59. The molecule has 1 aliphatic rings. The predicted molar refractivity (Wildman–Crippen MR) is 104 cm³/mol. The first-order chi connectivity index (χ1) is 12.1. The lowest BCUT2D eigenvalue weighted by atomic mass is 9.90. The molecule has 1 saturated heterocycles. The van der Waals surface area contributed by atoms with E-state index in [0.29, 0.717) is 21.7 Å². The highest BCUT2D eigenvalue weighted by atomic mass is 35.5. The normalized spacial score (nSPS) is 15.2. The molecule has 0 aromatic heterocycles. The fourth-order valence-corrected chi connectivity index (χ4v) is 3.81. The van der Waals surface area contributed by atoms with Crippen LogP contribution in [0.1, 0.15) is 18.4 Å². The van der Waals surface area contributed by atoms with E-state index in [1.165, 1.54) is 5.56 Å². The summed E-state index contributed by atoms with van der Waals surface area (Å²) in [6.07, 6.45) is 3.19. The fourth-order valence-electron chi connectivity index (χ4n) is 3.28. The molecule has 5 heteroatoms. The SMILES string of the molecule is O=C(CNc1c(Cl)cccc1Cl)N1CCC(Cc2ccccc2)CC1. The Kier molecular flexibility index (Phi) is 6.22. The van der Waals surface area contributed by atoms with Crippen LogP contribution in [-0.2, 0) is 11.2 Å². The lowest BCUT2D eigenvalue weighted by molar-refractivity contribution is -0.130. The Bertz CT molecular complexity index is 693. The molecule has 1 amide bonds. The van der Waals surface area contributed by atoms with Crippen molar-refractivity contribution in [3.8, 4) is 0 Å². The largest absolute Gasteiger partial charge is 0.374 e. The van der Waals surface area contributed by atoms with Gasteiger partial charge in [0.2, 0.25) is 5.91 Å². The zero-order valence-corrected chi connectivity index (χ0v) is 15.6. The van der Waals surface area contributed by atoms with E-state index >= 15 is 0 Å². The molecular formula is C20H22Cl2N2O. The first-order valence-corrected chi connectivity index (χ1v) is 9.38. The molecule has 2 aromatic carbocycles. The number of likely N-dealkylation sites (tertiary alicyclic amines) is 1. The topological polar surface area (TPSA) is 32.3 Å². The molecule has 1 fully saturated rings. The summed E-state index contributed by atoms with van der Waals surface area (Å²) in [6.45, 7) is 1.84. The third-order valence-electron chi connectivity index (χ3n) is 4.71. The summed E-state index contributed by atoms with van der Waals surface area (Å²) in [5, 5.41) is 4.13. The molecule has 0 spiro atoms. The van der Waals surface area contributed by atoms with Crippen LogP contribution < -0.4 is 5.32 Å². The van der Waals surface area contributed by atoms with Gasteiger partial charge in [-0.3, -0.25) is 4.79 Å². The van der Waals surface area contributed by atoms with Gasteiger partial charge in [-0.2, -0.15) is 0 Å². The molecule has 0 atom stereocenters. The molecule has 2 aromatic rings. The minimum atomic E-state index is 0.0918. The summed E-state index contributed by atoms with van der Waals surface area (Å²) in [7, 11) is 0. The summed E-state index contributed by atoms with van der Waals surface area (Å²) >= 11 is 12.2. The zero-order chi connectivity index (χ0) is 17.6. The van der Waals surface area contributed by atoms with Crippen LogP contribution in [0.25, 0.3) is 0 Å². The smallest absolute Gasteiger partial charge is 0.241 e. The Labute approximate surface area is 158 Å². The van der Waals surface area contributed by atoms with Gasteiger partial charge in [0.25, 0.3) is 0 Å². The van der Waals surface area contributed by atoms with E-state index in [4.69, 9.17) is 23.2 Å². The predicted octanol–water partition coefficient (Wildman–Crippen LogP) is 4.89. The van der Waals surface area contributed by atoms with Crippen molar-refractivity contribution in [3.63, 3.8) is 0 Å². The maximum Gasteiger partial charge on any atom is 0.241 e. The fraction of sp³-hybridized carbons (Fsp3) is 0.350. The number of nitrogens with zero attached hydrogens (tertiary/aromatic N) is 1. The van der Waals surface area contributed by atoms with Crippen molar-refractivity contribution < 1.29 is 4.79 Å². The number of carbonyl (C=O) groups is 1. The molecule has 0 unspecified atom stereocenters. The van der Waals surface area contributed by atoms with Gasteiger partial charge < -0.3 is 10.2 Å². The summed E-state index contributed by atoms with van der Waals surface area (Å²) in [5.74, 6) is 0.742. The van der Waals surface area contributed by atoms with Crippen LogP contribution in [0.4, 0.5) is 5.69 Å². The third-order valence-corrected chi connectivity index (χ3v) is 5.34. The van der Waals surface area contributed by atoms with Gasteiger partial charge in [-0.05, 0) is 42.9 Å². The molecule has 132 valence electrons. The standard InChI is InChI=1S/C20H22Cl2N2O/c21-17-7-4-8-18(22)20(17)23-14-19(25)24-11-9-16(10-12-24)13-15-5-2-1-3-6-15/h1-8,16,23H,9-14H2. The molecule has 1 heterocycles. The second-order valence-electron chi connectivity index (χ2n) is 6.46. The maximum atomic E-state index is 12.4. The molecule has 25 heavy (non-hydrogen) atoms. The summed E-state index contributed by atoms with van der Waals surface area (Å²) in [4.78, 5) is 14.4. The van der Waals surface area contributed by atoms with E-state index in [2.05, 4.69) is 29.6 Å². The first-order valence-electron chi connectivity index (χ1n) is 8.63. The number of halogens is 2. The number of hydrogen-bond acceptors (Lipinski definition) is 2. The molecule has 0 bridgehead atoms. The number of rotatable bonds is 5. The molecule has 0 aliphatic carbocycles. The number of para-hydroxylation sites is 1. The lowest BCUT2D eigenvalue weighted by Crippen LogP contribution is -2.41. The van der Waals surface area contributed by atoms with E-state index < -0.39 is 0 Å². The second-order valence-corrected chi connectivity index (χ2v) is 7.28. The van der Waals surface area contributed by atoms with Crippen molar-refractivity contribution in [1.29, 1.82) is 0 Å². The van der Waals surface area contributed by atoms with Crippen LogP contribution in [-0.4, -0.2) is 30.4 Å². The molecule has 3 rings (SSSR count). The molecule has 1 aliphatic heterocycles. The van der Waals surface area contributed by atoms with E-state index in [-0.39, 0.29) is 12.5 Å². The van der Waals surface area contributed by atoms with Crippen LogP contribution in [0, 0.1) is 5.92 Å². The van der Waals surface area contributed by atoms with Crippen molar-refractivity contribution in [2.24, 2.45) is 5.92 Å². The number of carbonyl (C=O) groups excluding carboxylic acids is 1. The Morgan fingerprint density at radius 1 is 1.00 bits per heavy atom. The number of amides is 1. The zero-order valence-electron chi connectivity index (χ0n) is 14.1. The Hall–Kier alpha value is -1.71. The van der Waals surface area contributed by atoms with Gasteiger partial charge in [-0.1, -0.05) is 59.6 Å². The van der Waals surface area contributed by atoms with E-state index in [9.17, 15) is 4.79 Å². The highest BCUT2D eigenvalue weighted by Gasteiger charge is 2.23. The van der Waals surface area contributed by atoms with E-state index in [0.717, 1.165) is 32.4 Å². The number of hydrogen-bond donors (Lipinski definition) is 1. The lowest BCUT2D eigenvalue weighted by Gasteiger charge is -2.32. The van der Waals surface area contributed by atoms with Crippen molar-refractivity contribution in [3.05, 3.63) is 64.1 Å². The molecule has 0 radical (unpaired) electrons. The number of benzene rings is 2. The highest BCUT2D eigenvalue weighted by Crippen LogP contribution is 2.29. The van der Waals surface area contributed by atoms with Crippen LogP contribution in [0.5, 0.6) is 0 Å². The van der Waals surface area contributed by atoms with Crippen molar-refractivity contribution in [2.75, 3.05) is 25.0 Å². The minimum absolute atomic E-state index is 0.0918. The first kappa shape index (κ1) is 18.1. The number of nitrogens with one attached hydrogen (secondary N) is 1. The van der Waals surface area contributed by atoms with Gasteiger partial charge in [0.05, 0.1) is 22.3 Å². The van der Waals surface area contributed by atoms with Gasteiger partial charge in [0, 0.05) is 13.1 Å². The number of anilines is 1. The minimum Gasteiger partial charge on any atom is -0.374 e. The Balaban J connectivity index is 1.47. The van der Waals surface area contributed by atoms with Gasteiger partial charge in [0.1, 0.15) is 0 Å². The summed E-state index contributed by atoms with van der Waals surface area (Å²) in [5.41, 5.74) is 2.00. The average molecular weight is 377 g/mol. The van der Waals surface area contributed by atoms with Gasteiger partial charge in [-0.15, -0.1) is 0 Å². The summed E-state index contributed by atoms with van der Waals surface area (Å²) in [6, 6.07) is 15.9. The van der Waals surface area contributed by atoms with Crippen LogP contribution in [0.15, 0.2) is 48.5 Å². The molecule has 0 saturated carbocycles. The Morgan fingerprint density at radius 2 is 1.64 bits per heavy atom. The van der Waals surface area contributed by atoms with Crippen LogP contribution in [0.3, 0.4) is 0 Å². The number of piperidine rings is 1. The van der Waals surface area contributed by atoms with E-state index in [1.807, 2.05) is 11.0 Å². The van der Waals surface area contributed by atoms with Crippen LogP contribution in [0.2, 0.25) is 10.0 Å². The third kappa shape index (κ3) is 4.90. The molecule has 1 N–H and O–H groups in total. The van der Waals surface area contributed by atoms with Gasteiger partial charge in [0.15, 0.2) is 0 Å². The monoisotopic (exact) mass is 376 g/mol. The van der Waals surface area contributed by atoms with Crippen LogP contribution >= 0.6 is 23.2 Å². The van der Waals surface area contributed by atoms with Gasteiger partial charge in [-0.25, -0.2) is 0 Å². The quantitative estimate of drug-likeness (QED) is 0.805. The van der Waals surface area contributed by atoms with Gasteiger partial charge >= 0.3 is 0 Å². The highest BCUT2D eigenvalue weighted by molar-refractivity contribution is 6.39. The average Bonchev–Trinajstić information content (AvgIpc) is 2.62. The summed E-state index contributed by atoms with van der Waals surface area (Å²) < 4.78 is 0. The van der Waals surface area contributed by atoms with Crippen molar-refractivity contribution in [1.82, 2.24) is 4.90 Å².